The highest BCUT2D eigenvalue weighted by molar-refractivity contribution is 5.71. The normalized spacial score (nSPS) is 13.0. The molecule has 90 valence electrons. The maximum absolute atomic E-state index is 11.2. The Bertz CT molecular complexity index is 349. The van der Waals surface area contributed by atoms with Crippen LogP contribution in [-0.4, -0.2) is 33.0 Å². The molecule has 1 atom stereocenters. The minimum absolute atomic E-state index is 0.266. The van der Waals surface area contributed by atoms with Gasteiger partial charge in [0, 0.05) is 7.11 Å². The second-order valence-corrected chi connectivity index (χ2v) is 4.07. The summed E-state index contributed by atoms with van der Waals surface area (Å²) in [6.07, 6.45) is 1.99. The van der Waals surface area contributed by atoms with Crippen molar-refractivity contribution >= 4 is 5.97 Å². The Morgan fingerprint density at radius 3 is 2.81 bits per heavy atom. The minimum atomic E-state index is -0.870. The lowest BCUT2D eigenvalue weighted by Gasteiger charge is -2.17. The average molecular weight is 227 g/mol. The van der Waals surface area contributed by atoms with E-state index in [0.29, 0.717) is 18.2 Å². The Hall–Kier alpha value is -1.43. The van der Waals surface area contributed by atoms with E-state index in [0.717, 1.165) is 0 Å². The molecule has 0 radical (unpaired) electrons. The molecule has 0 aliphatic heterocycles. The van der Waals surface area contributed by atoms with E-state index in [1.807, 2.05) is 13.8 Å². The first-order chi connectivity index (χ1) is 7.56. The molecular weight excluding hydrogens is 210 g/mol. The van der Waals surface area contributed by atoms with Crippen LogP contribution in [0.25, 0.3) is 0 Å². The number of hydrogen-bond donors (Lipinski definition) is 1. The van der Waals surface area contributed by atoms with Crippen LogP contribution in [0.3, 0.4) is 0 Å². The lowest BCUT2D eigenvalue weighted by Crippen LogP contribution is -2.22. The van der Waals surface area contributed by atoms with E-state index in [2.05, 4.69) is 10.2 Å². The van der Waals surface area contributed by atoms with Crippen LogP contribution in [-0.2, 0) is 16.1 Å². The SMILES string of the molecule is COCc1nncn1C(CC(C)C)C(=O)O. The average Bonchev–Trinajstić information content (AvgIpc) is 2.62. The van der Waals surface area contributed by atoms with E-state index in [-0.39, 0.29) is 6.61 Å². The van der Waals surface area contributed by atoms with Gasteiger partial charge in [0.25, 0.3) is 0 Å². The van der Waals surface area contributed by atoms with Crippen molar-refractivity contribution in [3.8, 4) is 0 Å². The number of aliphatic carboxylic acids is 1. The summed E-state index contributed by atoms with van der Waals surface area (Å²) >= 11 is 0. The molecule has 0 fully saturated rings. The first kappa shape index (κ1) is 12.6. The predicted molar refractivity (Wildman–Crippen MR) is 56.9 cm³/mol. The second-order valence-electron chi connectivity index (χ2n) is 4.07. The first-order valence-electron chi connectivity index (χ1n) is 5.16. The number of aromatic nitrogens is 3. The van der Waals surface area contributed by atoms with Crippen LogP contribution >= 0.6 is 0 Å². The highest BCUT2D eigenvalue weighted by Gasteiger charge is 2.23. The maximum Gasteiger partial charge on any atom is 0.326 e. The molecule has 0 aliphatic rings. The molecule has 0 saturated carbocycles. The van der Waals surface area contributed by atoms with Gasteiger partial charge in [0.05, 0.1) is 0 Å². The summed E-state index contributed by atoms with van der Waals surface area (Å²) in [5, 5.41) is 16.7. The lowest BCUT2D eigenvalue weighted by atomic mass is 10.0. The highest BCUT2D eigenvalue weighted by Crippen LogP contribution is 2.19. The van der Waals surface area contributed by atoms with Crippen molar-refractivity contribution in [2.24, 2.45) is 5.92 Å². The Morgan fingerprint density at radius 1 is 1.62 bits per heavy atom. The summed E-state index contributed by atoms with van der Waals surface area (Å²) in [5.74, 6) is -0.0414. The van der Waals surface area contributed by atoms with Gasteiger partial charge < -0.3 is 14.4 Å². The van der Waals surface area contributed by atoms with Crippen molar-refractivity contribution in [3.05, 3.63) is 12.2 Å². The summed E-state index contributed by atoms with van der Waals surface area (Å²) in [4.78, 5) is 11.2. The summed E-state index contributed by atoms with van der Waals surface area (Å²) in [7, 11) is 1.54. The standard InChI is InChI=1S/C10H17N3O3/c1-7(2)4-8(10(14)15)13-6-11-12-9(13)5-16-3/h6-8H,4-5H2,1-3H3,(H,14,15). The molecule has 0 spiro atoms. The van der Waals surface area contributed by atoms with E-state index in [1.165, 1.54) is 13.4 Å². The van der Waals surface area contributed by atoms with Crippen molar-refractivity contribution < 1.29 is 14.6 Å². The summed E-state index contributed by atoms with van der Waals surface area (Å²) in [5.41, 5.74) is 0. The van der Waals surface area contributed by atoms with Crippen LogP contribution in [0.1, 0.15) is 32.1 Å². The Balaban J connectivity index is 2.91. The third kappa shape index (κ3) is 3.03. The van der Waals surface area contributed by atoms with Crippen molar-refractivity contribution in [1.29, 1.82) is 0 Å². The molecule has 6 heteroatoms. The van der Waals surface area contributed by atoms with E-state index < -0.39 is 12.0 Å². The number of methoxy groups -OCH3 is 1. The largest absolute Gasteiger partial charge is 0.480 e. The lowest BCUT2D eigenvalue weighted by molar-refractivity contribution is -0.141. The molecule has 6 nitrogen and oxygen atoms in total. The molecule has 1 heterocycles. The molecule has 0 aliphatic carbocycles. The van der Waals surface area contributed by atoms with E-state index in [9.17, 15) is 4.79 Å². The van der Waals surface area contributed by atoms with Crippen LogP contribution in [0.15, 0.2) is 6.33 Å². The van der Waals surface area contributed by atoms with Crippen LogP contribution in [0.4, 0.5) is 0 Å². The fraction of sp³-hybridized carbons (Fsp3) is 0.700. The van der Waals surface area contributed by atoms with Gasteiger partial charge in [-0.15, -0.1) is 10.2 Å². The number of ether oxygens (including phenoxy) is 1. The molecule has 1 unspecified atom stereocenters. The number of carbonyl (C=O) groups is 1. The van der Waals surface area contributed by atoms with Gasteiger partial charge in [0.15, 0.2) is 5.82 Å². The fourth-order valence-corrected chi connectivity index (χ4v) is 1.54. The van der Waals surface area contributed by atoms with Gasteiger partial charge >= 0.3 is 5.97 Å². The third-order valence-corrected chi connectivity index (χ3v) is 2.24. The van der Waals surface area contributed by atoms with Gasteiger partial charge in [0.2, 0.25) is 0 Å². The van der Waals surface area contributed by atoms with E-state index in [1.54, 1.807) is 4.57 Å². The summed E-state index contributed by atoms with van der Waals surface area (Å²) in [6.45, 7) is 4.23. The van der Waals surface area contributed by atoms with E-state index >= 15 is 0 Å². The number of hydrogen-bond acceptors (Lipinski definition) is 4. The molecule has 0 amide bonds. The van der Waals surface area contributed by atoms with Crippen molar-refractivity contribution in [3.63, 3.8) is 0 Å². The zero-order chi connectivity index (χ0) is 12.1. The van der Waals surface area contributed by atoms with Crippen LogP contribution in [0, 0.1) is 5.92 Å². The second kappa shape index (κ2) is 5.60. The molecule has 0 saturated heterocycles. The van der Waals surface area contributed by atoms with Gasteiger partial charge in [0.1, 0.15) is 19.0 Å². The Labute approximate surface area is 94.2 Å². The van der Waals surface area contributed by atoms with Gasteiger partial charge in [-0.2, -0.15) is 0 Å². The zero-order valence-electron chi connectivity index (χ0n) is 9.75. The van der Waals surface area contributed by atoms with Gasteiger partial charge in [-0.05, 0) is 12.3 Å². The van der Waals surface area contributed by atoms with Gasteiger partial charge in [-0.1, -0.05) is 13.8 Å². The van der Waals surface area contributed by atoms with Crippen LogP contribution < -0.4 is 0 Å². The van der Waals surface area contributed by atoms with E-state index in [4.69, 9.17) is 9.84 Å². The van der Waals surface area contributed by atoms with Crippen molar-refractivity contribution in [2.75, 3.05) is 7.11 Å². The number of carboxylic acids is 1. The number of rotatable bonds is 6. The topological polar surface area (TPSA) is 77.2 Å². The molecule has 1 aromatic rings. The Morgan fingerprint density at radius 2 is 2.31 bits per heavy atom. The maximum atomic E-state index is 11.2. The smallest absolute Gasteiger partial charge is 0.326 e. The van der Waals surface area contributed by atoms with Crippen molar-refractivity contribution in [2.45, 2.75) is 32.9 Å². The molecule has 1 N–H and O–H groups in total. The summed E-state index contributed by atoms with van der Waals surface area (Å²) < 4.78 is 6.51. The number of carboxylic acid groups (broad SMARTS) is 1. The van der Waals surface area contributed by atoms with Gasteiger partial charge in [-0.25, -0.2) is 4.79 Å². The molecule has 16 heavy (non-hydrogen) atoms. The highest BCUT2D eigenvalue weighted by atomic mass is 16.5. The monoisotopic (exact) mass is 227 g/mol. The number of nitrogens with zero attached hydrogens (tertiary/aromatic N) is 3. The molecule has 0 bridgehead atoms. The van der Waals surface area contributed by atoms with Crippen LogP contribution in [0.5, 0.6) is 0 Å². The summed E-state index contributed by atoms with van der Waals surface area (Å²) in [6, 6.07) is -0.625. The quantitative estimate of drug-likeness (QED) is 0.787. The Kier molecular flexibility index (Phi) is 4.42. The van der Waals surface area contributed by atoms with Crippen molar-refractivity contribution in [1.82, 2.24) is 14.8 Å². The molecule has 0 aromatic carbocycles. The predicted octanol–water partition coefficient (Wildman–Crippen LogP) is 1.10. The first-order valence-corrected chi connectivity index (χ1v) is 5.16. The molecule has 1 aromatic heterocycles. The molecule has 1 rings (SSSR count). The zero-order valence-corrected chi connectivity index (χ0v) is 9.75. The van der Waals surface area contributed by atoms with Gasteiger partial charge in [-0.3, -0.25) is 0 Å². The molecular formula is C10H17N3O3. The third-order valence-electron chi connectivity index (χ3n) is 2.24. The van der Waals surface area contributed by atoms with Crippen LogP contribution in [0.2, 0.25) is 0 Å². The minimum Gasteiger partial charge on any atom is -0.480 e. The fourth-order valence-electron chi connectivity index (χ4n) is 1.54.